The van der Waals surface area contributed by atoms with E-state index >= 15 is 4.39 Å². The Morgan fingerprint density at radius 3 is 2.28 bits per heavy atom. The van der Waals surface area contributed by atoms with Crippen LogP contribution in [-0.2, 0) is 0 Å². The number of carboxylic acids is 1. The maximum atomic E-state index is 15.9. The Bertz CT molecular complexity index is 1450. The Hall–Kier alpha value is -4.28. The molecular formula is C32H35F4N3O4. The van der Waals surface area contributed by atoms with E-state index in [9.17, 15) is 27.9 Å². The van der Waals surface area contributed by atoms with Gasteiger partial charge in [0, 0.05) is 42.2 Å². The Kier molecular flexibility index (Phi) is 9.83. The van der Waals surface area contributed by atoms with E-state index in [0.717, 1.165) is 24.3 Å². The third-order valence-electron chi connectivity index (χ3n) is 7.26. The van der Waals surface area contributed by atoms with Crippen molar-refractivity contribution in [2.24, 2.45) is 5.92 Å². The van der Waals surface area contributed by atoms with E-state index in [4.69, 9.17) is 4.74 Å². The van der Waals surface area contributed by atoms with Gasteiger partial charge < -0.3 is 25.4 Å². The lowest BCUT2D eigenvalue weighted by atomic mass is 9.90. The summed E-state index contributed by atoms with van der Waals surface area (Å²) in [6, 6.07) is 10.9. The molecule has 43 heavy (non-hydrogen) atoms. The molecule has 3 aromatic rings. The van der Waals surface area contributed by atoms with E-state index in [1.165, 1.54) is 6.07 Å². The van der Waals surface area contributed by atoms with Gasteiger partial charge in [-0.1, -0.05) is 13.8 Å². The number of hydrogen-bond donors (Lipinski definition) is 3. The van der Waals surface area contributed by atoms with Crippen LogP contribution in [0.3, 0.4) is 0 Å². The standard InChI is InChI=1S/C32H35F4N3O4/c1-4-43-23-8-6-21(7-9-23)37-31(42)38-28-16-26(25-15-20(33)5-10-24(25)30(40)41)27(34)17-29(28)39(18-19(2)3)22-11-13-32(35,36)14-12-22/h5-10,15-17,19,22H,4,11-14,18H2,1-3H3,(H,40,41)(H2,37,38,42). The highest BCUT2D eigenvalue weighted by molar-refractivity contribution is 6.03. The van der Waals surface area contributed by atoms with Crippen LogP contribution < -0.4 is 20.3 Å². The molecule has 1 aliphatic rings. The lowest BCUT2D eigenvalue weighted by Crippen LogP contribution is -2.43. The molecule has 4 rings (SSSR count). The quantitative estimate of drug-likeness (QED) is 0.203. The fourth-order valence-electron chi connectivity index (χ4n) is 5.29. The zero-order valence-electron chi connectivity index (χ0n) is 24.2. The van der Waals surface area contributed by atoms with E-state index in [-0.39, 0.29) is 65.7 Å². The predicted molar refractivity (Wildman–Crippen MR) is 158 cm³/mol. The Morgan fingerprint density at radius 1 is 1.00 bits per heavy atom. The predicted octanol–water partition coefficient (Wildman–Crippen LogP) is 8.41. The SMILES string of the molecule is CCOc1ccc(NC(=O)Nc2cc(-c3cc(F)ccc3C(=O)O)c(F)cc2N(CC(C)C)C2CCC(F)(F)CC2)cc1. The molecule has 0 aliphatic heterocycles. The van der Waals surface area contributed by atoms with Crippen LogP contribution in [-0.4, -0.2) is 42.2 Å². The number of urea groups is 1. The first-order chi connectivity index (χ1) is 20.4. The zero-order valence-corrected chi connectivity index (χ0v) is 24.2. The van der Waals surface area contributed by atoms with Crippen LogP contribution in [0, 0.1) is 17.6 Å². The largest absolute Gasteiger partial charge is 0.494 e. The maximum absolute atomic E-state index is 15.9. The van der Waals surface area contributed by atoms with Crippen molar-refractivity contribution >= 4 is 29.1 Å². The first-order valence-electron chi connectivity index (χ1n) is 14.2. The number of carbonyl (C=O) groups excluding carboxylic acids is 1. The van der Waals surface area contributed by atoms with Gasteiger partial charge in [-0.05, 0) is 80.3 Å². The van der Waals surface area contributed by atoms with Gasteiger partial charge in [0.05, 0.1) is 23.5 Å². The van der Waals surface area contributed by atoms with Crippen LogP contribution in [0.5, 0.6) is 5.75 Å². The highest BCUT2D eigenvalue weighted by Crippen LogP contribution is 2.41. The molecule has 11 heteroatoms. The molecule has 0 atom stereocenters. The maximum Gasteiger partial charge on any atom is 0.336 e. The fourth-order valence-corrected chi connectivity index (χ4v) is 5.29. The smallest absolute Gasteiger partial charge is 0.336 e. The third-order valence-corrected chi connectivity index (χ3v) is 7.26. The Labute approximate surface area is 247 Å². The molecule has 2 amide bonds. The number of nitrogens with zero attached hydrogens (tertiary/aromatic N) is 1. The monoisotopic (exact) mass is 601 g/mol. The minimum atomic E-state index is -2.78. The van der Waals surface area contributed by atoms with E-state index in [0.29, 0.717) is 24.6 Å². The molecule has 7 nitrogen and oxygen atoms in total. The number of carboxylic acid groups (broad SMARTS) is 1. The minimum Gasteiger partial charge on any atom is -0.494 e. The summed E-state index contributed by atoms with van der Waals surface area (Å²) in [6.07, 6.45) is -0.319. The minimum absolute atomic E-state index is 0.0533. The molecule has 230 valence electrons. The lowest BCUT2D eigenvalue weighted by Gasteiger charge is -2.40. The van der Waals surface area contributed by atoms with Gasteiger partial charge >= 0.3 is 12.0 Å². The van der Waals surface area contributed by atoms with E-state index in [2.05, 4.69) is 10.6 Å². The van der Waals surface area contributed by atoms with Crippen molar-refractivity contribution in [2.75, 3.05) is 28.7 Å². The molecule has 1 saturated carbocycles. The van der Waals surface area contributed by atoms with Crippen LogP contribution in [0.2, 0.25) is 0 Å². The molecule has 0 aromatic heterocycles. The van der Waals surface area contributed by atoms with Crippen LogP contribution in [0.4, 0.5) is 39.4 Å². The van der Waals surface area contributed by atoms with Crippen molar-refractivity contribution in [1.29, 1.82) is 0 Å². The second-order valence-electron chi connectivity index (χ2n) is 11.0. The molecule has 0 heterocycles. The number of alkyl halides is 2. The van der Waals surface area contributed by atoms with Crippen molar-refractivity contribution in [3.63, 3.8) is 0 Å². The average molecular weight is 602 g/mol. The Balaban J connectivity index is 1.78. The topological polar surface area (TPSA) is 90.9 Å². The van der Waals surface area contributed by atoms with Crippen LogP contribution in [0.25, 0.3) is 11.1 Å². The van der Waals surface area contributed by atoms with Gasteiger partial charge in [0.2, 0.25) is 5.92 Å². The lowest BCUT2D eigenvalue weighted by molar-refractivity contribution is -0.0382. The number of rotatable bonds is 10. The fraction of sp³-hybridized carbons (Fsp3) is 0.375. The molecule has 0 saturated heterocycles. The highest BCUT2D eigenvalue weighted by atomic mass is 19.3. The molecule has 3 N–H and O–H groups in total. The van der Waals surface area contributed by atoms with Gasteiger partial charge in [-0.25, -0.2) is 27.2 Å². The van der Waals surface area contributed by atoms with E-state index in [1.54, 1.807) is 24.3 Å². The van der Waals surface area contributed by atoms with Crippen LogP contribution in [0.15, 0.2) is 54.6 Å². The summed E-state index contributed by atoms with van der Waals surface area (Å²) in [5, 5.41) is 15.1. The van der Waals surface area contributed by atoms with E-state index in [1.807, 2.05) is 25.7 Å². The van der Waals surface area contributed by atoms with Gasteiger partial charge in [-0.15, -0.1) is 0 Å². The molecule has 0 radical (unpaired) electrons. The van der Waals surface area contributed by atoms with E-state index < -0.39 is 29.6 Å². The number of nitrogens with one attached hydrogen (secondary N) is 2. The summed E-state index contributed by atoms with van der Waals surface area (Å²) in [5.74, 6) is -5.11. The normalized spacial score (nSPS) is 14.8. The van der Waals surface area contributed by atoms with Crippen LogP contribution >= 0.6 is 0 Å². The first kappa shape index (κ1) is 31.7. The number of amides is 2. The molecule has 0 unspecified atom stereocenters. The Morgan fingerprint density at radius 2 is 1.67 bits per heavy atom. The van der Waals surface area contributed by atoms with Crippen LogP contribution in [0.1, 0.15) is 56.8 Å². The van der Waals surface area contributed by atoms with Crippen molar-refractivity contribution in [2.45, 2.75) is 58.4 Å². The summed E-state index contributed by atoms with van der Waals surface area (Å²) in [4.78, 5) is 26.9. The summed E-state index contributed by atoms with van der Waals surface area (Å²) in [6.45, 7) is 6.58. The summed E-state index contributed by atoms with van der Waals surface area (Å²) in [7, 11) is 0. The highest BCUT2D eigenvalue weighted by Gasteiger charge is 2.38. The summed E-state index contributed by atoms with van der Waals surface area (Å²) < 4.78 is 63.6. The molecule has 0 bridgehead atoms. The molecular weight excluding hydrogens is 566 g/mol. The van der Waals surface area contributed by atoms with Gasteiger partial charge in [-0.2, -0.15) is 0 Å². The van der Waals surface area contributed by atoms with Crippen molar-refractivity contribution in [3.8, 4) is 16.9 Å². The summed E-state index contributed by atoms with van der Waals surface area (Å²) >= 11 is 0. The number of halogens is 4. The van der Waals surface area contributed by atoms with Gasteiger partial charge in [-0.3, -0.25) is 0 Å². The molecule has 0 spiro atoms. The van der Waals surface area contributed by atoms with Gasteiger partial charge in [0.1, 0.15) is 17.4 Å². The van der Waals surface area contributed by atoms with Gasteiger partial charge in [0.25, 0.3) is 0 Å². The summed E-state index contributed by atoms with van der Waals surface area (Å²) in [5.41, 5.74) is 0.0257. The number of ether oxygens (including phenoxy) is 1. The zero-order chi connectivity index (χ0) is 31.3. The number of benzene rings is 3. The molecule has 1 fully saturated rings. The van der Waals surface area contributed by atoms with Crippen molar-refractivity contribution in [3.05, 3.63) is 71.8 Å². The first-order valence-corrected chi connectivity index (χ1v) is 14.2. The second kappa shape index (κ2) is 13.4. The average Bonchev–Trinajstić information content (AvgIpc) is 2.93. The number of hydrogen-bond acceptors (Lipinski definition) is 4. The molecule has 1 aliphatic carbocycles. The molecule has 3 aromatic carbocycles. The van der Waals surface area contributed by atoms with Crippen molar-refractivity contribution in [1.82, 2.24) is 0 Å². The second-order valence-corrected chi connectivity index (χ2v) is 11.0. The van der Waals surface area contributed by atoms with Crippen molar-refractivity contribution < 1.29 is 37.0 Å². The number of carbonyl (C=O) groups is 2. The number of anilines is 3. The van der Waals surface area contributed by atoms with Gasteiger partial charge in [0.15, 0.2) is 0 Å². The third kappa shape index (κ3) is 7.97. The number of aromatic carboxylic acids is 1.